The van der Waals surface area contributed by atoms with Gasteiger partial charge in [0.05, 0.1) is 45.2 Å². The molecular weight excluding hydrogens is 727 g/mol. The monoisotopic (exact) mass is 822 g/mol. The lowest BCUT2D eigenvalue weighted by atomic mass is 9.47. The highest BCUT2D eigenvalue weighted by atomic mass is 16.6. The molecule has 1 aliphatic heterocycles. The van der Waals surface area contributed by atoms with E-state index >= 15 is 0 Å². The lowest BCUT2D eigenvalue weighted by Crippen LogP contribution is -2.51. The van der Waals surface area contributed by atoms with Crippen LogP contribution in [-0.2, 0) is 18.9 Å². The van der Waals surface area contributed by atoms with E-state index in [0.717, 1.165) is 94.2 Å². The smallest absolute Gasteiger partial charge is 0.0936 e. The molecule has 5 aliphatic rings. The van der Waals surface area contributed by atoms with Crippen LogP contribution in [0.2, 0.25) is 0 Å². The van der Waals surface area contributed by atoms with Gasteiger partial charge in [0.25, 0.3) is 0 Å². The highest BCUT2D eigenvalue weighted by Crippen LogP contribution is 2.67. The fraction of sp³-hybridized carbons (Fsp3) is 0.889. The maximum atomic E-state index is 6.62. The van der Waals surface area contributed by atoms with Crippen LogP contribution in [0.4, 0.5) is 0 Å². The molecule has 0 radical (unpaired) electrons. The molecule has 1 saturated heterocycles. The van der Waals surface area contributed by atoms with Crippen LogP contribution in [0.3, 0.4) is 0 Å². The first-order valence-electron chi connectivity index (χ1n) is 25.8. The van der Waals surface area contributed by atoms with E-state index in [1.165, 1.54) is 128 Å². The van der Waals surface area contributed by atoms with Crippen molar-refractivity contribution >= 4 is 0 Å². The summed E-state index contributed by atoms with van der Waals surface area (Å²) >= 11 is 0. The summed E-state index contributed by atoms with van der Waals surface area (Å²) in [6, 6.07) is 0. The van der Waals surface area contributed by atoms with Crippen molar-refractivity contribution in [3.8, 4) is 0 Å². The van der Waals surface area contributed by atoms with Gasteiger partial charge in [-0.2, -0.15) is 0 Å². The van der Waals surface area contributed by atoms with Gasteiger partial charge in [-0.1, -0.05) is 135 Å². The molecule has 5 heteroatoms. The van der Waals surface area contributed by atoms with Crippen LogP contribution in [0.5, 0.6) is 0 Å². The highest BCUT2D eigenvalue weighted by Gasteiger charge is 2.59. The quantitative estimate of drug-likeness (QED) is 0.0555. The molecule has 9 atom stereocenters. The van der Waals surface area contributed by atoms with Gasteiger partial charge in [-0.05, 0) is 136 Å². The Balaban J connectivity index is 0.960. The van der Waals surface area contributed by atoms with Crippen molar-refractivity contribution in [2.75, 3.05) is 59.3 Å². The predicted octanol–water partition coefficient (Wildman–Crippen LogP) is 14.0. The third-order valence-electron chi connectivity index (χ3n) is 16.4. The summed E-state index contributed by atoms with van der Waals surface area (Å²) in [6.45, 7) is 22.4. The molecule has 0 bridgehead atoms. The first kappa shape index (κ1) is 49.0. The molecule has 1 unspecified atom stereocenters. The molecule has 3 saturated carbocycles. The van der Waals surface area contributed by atoms with Gasteiger partial charge in [0.2, 0.25) is 0 Å². The van der Waals surface area contributed by atoms with E-state index in [9.17, 15) is 0 Å². The molecule has 4 fully saturated rings. The SMILES string of the molecule is CCCCCC=CCC=CCCCCCCCCOCC(CN1CCOCC1)OCCO[C@H]1CC[C@@]2(C)C(=CC[C@H]3[C@@H]4CC[C@H]([C@H](C)CCCC(C)C)[C@@]4(C)CC[C@@H]32)C1. The first-order valence-corrected chi connectivity index (χ1v) is 25.8. The molecular formula is C54H95NO4. The summed E-state index contributed by atoms with van der Waals surface area (Å²) in [5.41, 5.74) is 2.68. The van der Waals surface area contributed by atoms with Crippen LogP contribution in [0.1, 0.15) is 189 Å². The average Bonchev–Trinajstić information content (AvgIpc) is 3.59. The second-order valence-electron chi connectivity index (χ2n) is 21.1. The summed E-state index contributed by atoms with van der Waals surface area (Å²) in [5, 5.41) is 0. The number of nitrogens with zero attached hydrogens (tertiary/aromatic N) is 1. The Morgan fingerprint density at radius 2 is 1.53 bits per heavy atom. The number of ether oxygens (including phenoxy) is 4. The number of morpholine rings is 1. The van der Waals surface area contributed by atoms with Gasteiger partial charge in [0.1, 0.15) is 0 Å². The summed E-state index contributed by atoms with van der Waals surface area (Å²) in [4.78, 5) is 2.48. The summed E-state index contributed by atoms with van der Waals surface area (Å²) in [5.74, 6) is 5.36. The Hall–Kier alpha value is -0.980. The van der Waals surface area contributed by atoms with Crippen LogP contribution in [0.25, 0.3) is 0 Å². The Morgan fingerprint density at radius 3 is 2.29 bits per heavy atom. The van der Waals surface area contributed by atoms with Gasteiger partial charge >= 0.3 is 0 Å². The molecule has 0 N–H and O–H groups in total. The number of allylic oxidation sites excluding steroid dienone is 5. The molecule has 1 heterocycles. The van der Waals surface area contributed by atoms with E-state index in [0.29, 0.717) is 36.8 Å². The van der Waals surface area contributed by atoms with Crippen molar-refractivity contribution in [1.82, 2.24) is 4.90 Å². The van der Waals surface area contributed by atoms with Crippen LogP contribution >= 0.6 is 0 Å². The molecule has 0 amide bonds. The Bertz CT molecular complexity index is 1220. The highest BCUT2D eigenvalue weighted by molar-refractivity contribution is 5.25. The second kappa shape index (κ2) is 26.6. The van der Waals surface area contributed by atoms with Crippen LogP contribution in [-0.4, -0.2) is 76.4 Å². The molecule has 5 rings (SSSR count). The second-order valence-corrected chi connectivity index (χ2v) is 21.1. The normalized spacial score (nSPS) is 31.1. The predicted molar refractivity (Wildman–Crippen MR) is 250 cm³/mol. The molecule has 0 aromatic heterocycles. The van der Waals surface area contributed by atoms with Gasteiger partial charge in [-0.3, -0.25) is 4.90 Å². The number of rotatable bonds is 29. The van der Waals surface area contributed by atoms with E-state index < -0.39 is 0 Å². The topological polar surface area (TPSA) is 40.2 Å². The van der Waals surface area contributed by atoms with E-state index in [4.69, 9.17) is 18.9 Å². The maximum Gasteiger partial charge on any atom is 0.0936 e. The van der Waals surface area contributed by atoms with E-state index in [1.807, 2.05) is 0 Å². The molecule has 5 nitrogen and oxygen atoms in total. The molecule has 0 aromatic rings. The lowest BCUT2D eigenvalue weighted by molar-refractivity contribution is -0.0834. The van der Waals surface area contributed by atoms with E-state index in [2.05, 4.69) is 76.8 Å². The summed E-state index contributed by atoms with van der Waals surface area (Å²) < 4.78 is 25.0. The van der Waals surface area contributed by atoms with Crippen molar-refractivity contribution in [3.63, 3.8) is 0 Å². The number of unbranched alkanes of at least 4 members (excludes halogenated alkanes) is 9. The Morgan fingerprint density at radius 1 is 0.780 bits per heavy atom. The fourth-order valence-electron chi connectivity index (χ4n) is 12.9. The lowest BCUT2D eigenvalue weighted by Gasteiger charge is -2.58. The number of hydrogen-bond acceptors (Lipinski definition) is 5. The minimum Gasteiger partial charge on any atom is -0.379 e. The third-order valence-corrected chi connectivity index (χ3v) is 16.4. The molecule has 59 heavy (non-hydrogen) atoms. The number of fused-ring (bicyclic) bond motifs is 5. The largest absolute Gasteiger partial charge is 0.379 e. The zero-order valence-electron chi connectivity index (χ0n) is 39.7. The van der Waals surface area contributed by atoms with Crippen molar-refractivity contribution in [2.24, 2.45) is 46.3 Å². The van der Waals surface area contributed by atoms with Crippen molar-refractivity contribution in [1.29, 1.82) is 0 Å². The summed E-state index contributed by atoms with van der Waals surface area (Å²) in [7, 11) is 0. The first-order chi connectivity index (χ1) is 28.7. The van der Waals surface area contributed by atoms with E-state index in [-0.39, 0.29) is 6.10 Å². The molecule has 4 aliphatic carbocycles. The Labute approximate surface area is 365 Å². The molecule has 0 aromatic carbocycles. The maximum absolute atomic E-state index is 6.62. The van der Waals surface area contributed by atoms with Gasteiger partial charge in [0, 0.05) is 26.2 Å². The zero-order valence-corrected chi connectivity index (χ0v) is 39.7. The van der Waals surface area contributed by atoms with E-state index in [1.54, 1.807) is 5.57 Å². The van der Waals surface area contributed by atoms with Gasteiger partial charge in [0.15, 0.2) is 0 Å². The van der Waals surface area contributed by atoms with Crippen molar-refractivity contribution in [3.05, 3.63) is 36.0 Å². The van der Waals surface area contributed by atoms with Crippen molar-refractivity contribution in [2.45, 2.75) is 201 Å². The van der Waals surface area contributed by atoms with Crippen LogP contribution < -0.4 is 0 Å². The van der Waals surface area contributed by atoms with Crippen molar-refractivity contribution < 1.29 is 18.9 Å². The van der Waals surface area contributed by atoms with Crippen LogP contribution in [0.15, 0.2) is 36.0 Å². The van der Waals surface area contributed by atoms with Crippen LogP contribution in [0, 0.1) is 46.3 Å². The number of hydrogen-bond donors (Lipinski definition) is 0. The Kier molecular flexibility index (Phi) is 22.1. The fourth-order valence-corrected chi connectivity index (χ4v) is 12.9. The molecule has 0 spiro atoms. The van der Waals surface area contributed by atoms with Gasteiger partial charge in [-0.25, -0.2) is 0 Å². The summed E-state index contributed by atoms with van der Waals surface area (Å²) in [6.07, 6.45) is 42.9. The minimum absolute atomic E-state index is 0.0872. The average molecular weight is 822 g/mol. The van der Waals surface area contributed by atoms with Gasteiger partial charge < -0.3 is 18.9 Å². The molecule has 340 valence electrons. The van der Waals surface area contributed by atoms with Gasteiger partial charge in [-0.15, -0.1) is 0 Å². The third kappa shape index (κ3) is 15.4. The standard InChI is InChI=1S/C54H95NO4/c1-7-8-9-10-11-12-13-14-15-16-17-18-19-20-21-22-36-57-43-48(42-55-34-37-56-38-35-55)59-40-39-58-47-30-32-53(5)46(41-47)26-27-49-51-29-28-50(45(4)25-23-24-44(2)3)54(51,6)33-31-52(49)53/h11-12,14-15,26,44-45,47-52H,7-10,13,16-25,27-43H2,1-6H3/t45-,47+,48?,49+,50-,51+,52+,53+,54-/m1/s1. The minimum atomic E-state index is 0.0872. The zero-order chi connectivity index (χ0) is 41.8.